The molecule has 0 bridgehead atoms. The molecule has 0 radical (unpaired) electrons. The molecule has 0 atom stereocenters. The van der Waals surface area contributed by atoms with Crippen molar-refractivity contribution in [1.29, 1.82) is 0 Å². The minimum absolute atomic E-state index is 0.0900. The highest BCUT2D eigenvalue weighted by Crippen LogP contribution is 2.40. The van der Waals surface area contributed by atoms with Crippen molar-refractivity contribution in [2.45, 2.75) is 29.4 Å². The van der Waals surface area contributed by atoms with Gasteiger partial charge < -0.3 is 5.73 Å². The summed E-state index contributed by atoms with van der Waals surface area (Å²) in [5.41, 5.74) is 6.40. The van der Waals surface area contributed by atoms with Crippen LogP contribution in [0.4, 0.5) is 4.39 Å². The Labute approximate surface area is 87.9 Å². The van der Waals surface area contributed by atoms with Crippen LogP contribution in [0.15, 0.2) is 23.1 Å². The van der Waals surface area contributed by atoms with Gasteiger partial charge >= 0.3 is 0 Å². The average molecular weight is 211 g/mol. The van der Waals surface area contributed by atoms with Crippen molar-refractivity contribution in [1.82, 2.24) is 0 Å². The van der Waals surface area contributed by atoms with Gasteiger partial charge in [0.2, 0.25) is 0 Å². The molecule has 1 fully saturated rings. The van der Waals surface area contributed by atoms with Gasteiger partial charge in [-0.15, -0.1) is 11.8 Å². The number of hydrogen-bond donors (Lipinski definition) is 1. The first-order chi connectivity index (χ1) is 6.79. The molecule has 14 heavy (non-hydrogen) atoms. The summed E-state index contributed by atoms with van der Waals surface area (Å²) in [4.78, 5) is 0.785. The van der Waals surface area contributed by atoms with E-state index in [0.29, 0.717) is 11.8 Å². The lowest BCUT2D eigenvalue weighted by Gasteiger charge is -2.04. The third-order valence-corrected chi connectivity index (χ3v) is 3.64. The van der Waals surface area contributed by atoms with Crippen molar-refractivity contribution in [3.8, 4) is 0 Å². The average Bonchev–Trinajstić information content (AvgIpc) is 2.94. The monoisotopic (exact) mass is 211 g/mol. The highest BCUT2D eigenvalue weighted by Gasteiger charge is 2.23. The largest absolute Gasteiger partial charge is 0.330 e. The van der Waals surface area contributed by atoms with Gasteiger partial charge in [0.25, 0.3) is 0 Å². The van der Waals surface area contributed by atoms with Gasteiger partial charge in [0.15, 0.2) is 0 Å². The molecule has 0 unspecified atom stereocenters. The Hall–Kier alpha value is -0.540. The minimum Gasteiger partial charge on any atom is -0.330 e. The van der Waals surface area contributed by atoms with Crippen LogP contribution >= 0.6 is 11.8 Å². The zero-order valence-corrected chi connectivity index (χ0v) is 8.82. The van der Waals surface area contributed by atoms with Gasteiger partial charge in [-0.05, 0) is 43.5 Å². The molecular formula is C11H14FNS. The van der Waals surface area contributed by atoms with Crippen LogP contribution in [0.1, 0.15) is 18.4 Å². The van der Waals surface area contributed by atoms with Gasteiger partial charge in [-0.3, -0.25) is 0 Å². The van der Waals surface area contributed by atoms with Crippen LogP contribution < -0.4 is 5.73 Å². The molecule has 0 aromatic heterocycles. The second-order valence-corrected chi connectivity index (χ2v) is 4.96. The van der Waals surface area contributed by atoms with Crippen molar-refractivity contribution >= 4 is 11.8 Å². The second-order valence-electron chi connectivity index (χ2n) is 3.62. The predicted octanol–water partition coefficient (Wildman–Crippen LogP) is 2.58. The molecule has 2 rings (SSSR count). The fourth-order valence-electron chi connectivity index (χ4n) is 1.33. The van der Waals surface area contributed by atoms with E-state index in [1.807, 2.05) is 12.1 Å². The standard InChI is InChI=1S/C11H14FNS/c12-10-7-8(5-6-13)1-4-11(10)14-9-2-3-9/h1,4,7,9H,2-3,5-6,13H2. The van der Waals surface area contributed by atoms with Gasteiger partial charge in [-0.25, -0.2) is 4.39 Å². The Morgan fingerprint density at radius 1 is 1.43 bits per heavy atom. The van der Waals surface area contributed by atoms with Gasteiger partial charge in [-0.1, -0.05) is 6.07 Å². The predicted molar refractivity (Wildman–Crippen MR) is 58.0 cm³/mol. The Morgan fingerprint density at radius 3 is 2.79 bits per heavy atom. The number of thioether (sulfide) groups is 1. The fraction of sp³-hybridized carbons (Fsp3) is 0.455. The third kappa shape index (κ3) is 2.49. The minimum atomic E-state index is -0.0900. The van der Waals surface area contributed by atoms with Crippen LogP contribution in [0.25, 0.3) is 0 Å². The summed E-state index contributed by atoms with van der Waals surface area (Å²) in [6, 6.07) is 5.46. The summed E-state index contributed by atoms with van der Waals surface area (Å²) in [5, 5.41) is 0.657. The molecule has 0 aliphatic heterocycles. The number of benzene rings is 1. The summed E-state index contributed by atoms with van der Waals surface area (Å²) in [7, 11) is 0. The van der Waals surface area contributed by atoms with Gasteiger partial charge in [0.1, 0.15) is 5.82 Å². The normalized spacial score (nSPS) is 15.9. The van der Waals surface area contributed by atoms with E-state index in [4.69, 9.17) is 5.73 Å². The maximum Gasteiger partial charge on any atom is 0.137 e. The lowest BCUT2D eigenvalue weighted by Crippen LogP contribution is -2.02. The number of halogens is 1. The molecule has 3 heteroatoms. The number of nitrogens with two attached hydrogens (primary N) is 1. The molecule has 1 aliphatic carbocycles. The molecule has 0 amide bonds. The van der Waals surface area contributed by atoms with Gasteiger partial charge in [0, 0.05) is 10.1 Å². The van der Waals surface area contributed by atoms with E-state index < -0.39 is 0 Å². The first kappa shape index (κ1) is 9.99. The fourth-order valence-corrected chi connectivity index (χ4v) is 2.38. The van der Waals surface area contributed by atoms with Crippen molar-refractivity contribution < 1.29 is 4.39 Å². The first-order valence-corrected chi connectivity index (χ1v) is 5.82. The highest BCUT2D eigenvalue weighted by atomic mass is 32.2. The molecule has 76 valence electrons. The lowest BCUT2D eigenvalue weighted by atomic mass is 10.1. The molecule has 2 N–H and O–H groups in total. The molecule has 0 heterocycles. The van der Waals surface area contributed by atoms with Crippen LogP contribution in [0, 0.1) is 5.82 Å². The van der Waals surface area contributed by atoms with Crippen molar-refractivity contribution in [2.24, 2.45) is 5.73 Å². The summed E-state index contributed by atoms with van der Waals surface area (Å²) < 4.78 is 13.5. The van der Waals surface area contributed by atoms with Gasteiger partial charge in [0.05, 0.1) is 0 Å². The van der Waals surface area contributed by atoms with Crippen LogP contribution in [0.3, 0.4) is 0 Å². The molecular weight excluding hydrogens is 197 g/mol. The quantitative estimate of drug-likeness (QED) is 0.828. The second kappa shape index (κ2) is 4.32. The number of rotatable bonds is 4. The Morgan fingerprint density at radius 2 is 2.21 bits per heavy atom. The van der Waals surface area contributed by atoms with Gasteiger partial charge in [-0.2, -0.15) is 0 Å². The summed E-state index contributed by atoms with van der Waals surface area (Å²) >= 11 is 1.66. The van der Waals surface area contributed by atoms with E-state index in [1.165, 1.54) is 12.8 Å². The number of hydrogen-bond acceptors (Lipinski definition) is 2. The zero-order chi connectivity index (χ0) is 9.97. The lowest BCUT2D eigenvalue weighted by molar-refractivity contribution is 0.599. The summed E-state index contributed by atoms with van der Waals surface area (Å²) in [6.45, 7) is 0.578. The van der Waals surface area contributed by atoms with E-state index in [-0.39, 0.29) is 5.82 Å². The Kier molecular flexibility index (Phi) is 3.08. The summed E-state index contributed by atoms with van der Waals surface area (Å²) in [5.74, 6) is -0.0900. The SMILES string of the molecule is NCCc1ccc(SC2CC2)c(F)c1. The molecule has 1 nitrogen and oxygen atoms in total. The Bertz CT molecular complexity index is 323. The smallest absolute Gasteiger partial charge is 0.137 e. The highest BCUT2D eigenvalue weighted by molar-refractivity contribution is 8.00. The van der Waals surface area contributed by atoms with Crippen LogP contribution in [0.2, 0.25) is 0 Å². The van der Waals surface area contributed by atoms with Crippen LogP contribution in [-0.2, 0) is 6.42 Å². The third-order valence-electron chi connectivity index (χ3n) is 2.25. The van der Waals surface area contributed by atoms with E-state index in [9.17, 15) is 4.39 Å². The molecule has 0 spiro atoms. The van der Waals surface area contributed by atoms with Crippen LogP contribution in [-0.4, -0.2) is 11.8 Å². The maximum atomic E-state index is 13.5. The Balaban J connectivity index is 2.09. The first-order valence-electron chi connectivity index (χ1n) is 4.95. The van der Waals surface area contributed by atoms with Crippen molar-refractivity contribution in [2.75, 3.05) is 6.54 Å². The van der Waals surface area contributed by atoms with Crippen molar-refractivity contribution in [3.05, 3.63) is 29.6 Å². The summed E-state index contributed by atoms with van der Waals surface area (Å²) in [6.07, 6.45) is 3.22. The van der Waals surface area contributed by atoms with E-state index in [2.05, 4.69) is 0 Å². The molecule has 1 aromatic carbocycles. The molecule has 1 aliphatic rings. The molecule has 0 saturated heterocycles. The maximum absolute atomic E-state index is 13.5. The zero-order valence-electron chi connectivity index (χ0n) is 8.00. The van der Waals surface area contributed by atoms with Crippen molar-refractivity contribution in [3.63, 3.8) is 0 Å². The van der Waals surface area contributed by atoms with E-state index >= 15 is 0 Å². The van der Waals surface area contributed by atoms with Crippen LogP contribution in [0.5, 0.6) is 0 Å². The van der Waals surface area contributed by atoms with E-state index in [1.54, 1.807) is 17.8 Å². The topological polar surface area (TPSA) is 26.0 Å². The van der Waals surface area contributed by atoms with E-state index in [0.717, 1.165) is 16.9 Å². The molecule has 1 saturated carbocycles. The molecule has 1 aromatic rings.